The first-order chi connectivity index (χ1) is 7.85. The second-order valence-corrected chi connectivity index (χ2v) is 4.72. The minimum Gasteiger partial charge on any atom is -0.103 e. The Bertz CT molecular complexity index is 373. The number of allylic oxidation sites excluding steroid dienone is 5. The normalized spacial score (nSPS) is 30.6. The van der Waals surface area contributed by atoms with Crippen LogP contribution in [0.5, 0.6) is 0 Å². The third-order valence-electron chi connectivity index (χ3n) is 3.49. The third-order valence-corrected chi connectivity index (χ3v) is 3.49. The summed E-state index contributed by atoms with van der Waals surface area (Å²) in [4.78, 5) is 0. The zero-order chi connectivity index (χ0) is 11.4. The van der Waals surface area contributed by atoms with E-state index in [4.69, 9.17) is 0 Å². The molecule has 2 bridgehead atoms. The van der Waals surface area contributed by atoms with Gasteiger partial charge in [-0.25, -0.2) is 0 Å². The minimum absolute atomic E-state index is 0.407. The summed E-state index contributed by atoms with van der Waals surface area (Å²) in [6.07, 6.45) is 13.7. The first kappa shape index (κ1) is 11.3. The fourth-order valence-electron chi connectivity index (χ4n) is 2.56. The van der Waals surface area contributed by atoms with Crippen LogP contribution in [0.1, 0.15) is 32.6 Å². The van der Waals surface area contributed by atoms with Gasteiger partial charge < -0.3 is 0 Å². The molecule has 84 valence electrons. The monoisotopic (exact) mass is 212 g/mol. The predicted molar refractivity (Wildman–Crippen MR) is 69.8 cm³/mol. The molecule has 0 nitrogen and oxygen atoms in total. The molecule has 16 heavy (non-hydrogen) atoms. The fraction of sp³-hybridized carbons (Fsp3) is 0.500. The molecular weight excluding hydrogens is 192 g/mol. The highest BCUT2D eigenvalue weighted by Crippen LogP contribution is 2.40. The van der Waals surface area contributed by atoms with E-state index in [2.05, 4.69) is 43.6 Å². The van der Waals surface area contributed by atoms with Crippen molar-refractivity contribution in [3.8, 4) is 11.8 Å². The Morgan fingerprint density at radius 2 is 2.38 bits per heavy atom. The van der Waals surface area contributed by atoms with E-state index in [-0.39, 0.29) is 0 Å². The number of unbranched alkanes of at least 4 members (excludes halogenated alkanes) is 2. The van der Waals surface area contributed by atoms with E-state index in [1.807, 2.05) is 6.08 Å². The number of rotatable bonds is 3. The van der Waals surface area contributed by atoms with Crippen LogP contribution >= 0.6 is 0 Å². The second-order valence-electron chi connectivity index (χ2n) is 4.72. The van der Waals surface area contributed by atoms with Crippen LogP contribution in [0.25, 0.3) is 0 Å². The molecule has 0 saturated heterocycles. The van der Waals surface area contributed by atoms with Crippen molar-refractivity contribution >= 4 is 0 Å². The third kappa shape index (κ3) is 2.30. The van der Waals surface area contributed by atoms with Crippen molar-refractivity contribution in [1.29, 1.82) is 0 Å². The van der Waals surface area contributed by atoms with E-state index >= 15 is 0 Å². The molecule has 0 unspecified atom stereocenters. The first-order valence-corrected chi connectivity index (χ1v) is 6.36. The lowest BCUT2D eigenvalue weighted by atomic mass is 9.79. The average Bonchev–Trinajstić information content (AvgIpc) is 2.69. The molecule has 0 fully saturated rings. The quantitative estimate of drug-likeness (QED) is 0.375. The van der Waals surface area contributed by atoms with Gasteiger partial charge in [0, 0.05) is 6.42 Å². The highest BCUT2D eigenvalue weighted by atomic mass is 14.3. The smallest absolute Gasteiger partial charge is 0.0512 e. The van der Waals surface area contributed by atoms with Gasteiger partial charge in [0.05, 0.1) is 5.92 Å². The van der Waals surface area contributed by atoms with Crippen LogP contribution < -0.4 is 0 Å². The lowest BCUT2D eigenvalue weighted by molar-refractivity contribution is 0.480. The summed E-state index contributed by atoms with van der Waals surface area (Å²) in [5, 5.41) is 0. The average molecular weight is 212 g/mol. The van der Waals surface area contributed by atoms with E-state index in [1.54, 1.807) is 0 Å². The molecule has 3 atom stereocenters. The lowest BCUT2D eigenvalue weighted by Crippen LogP contribution is -2.16. The molecule has 2 aliphatic carbocycles. The SMILES string of the molecule is C=CC1=C[C@H]2C=C[C@H](C2)[C@@H]1C#CCCCC. The maximum atomic E-state index is 3.91. The summed E-state index contributed by atoms with van der Waals surface area (Å²) in [5.74, 6) is 8.46. The minimum atomic E-state index is 0.407. The molecule has 0 aromatic carbocycles. The van der Waals surface area contributed by atoms with E-state index in [0.29, 0.717) is 17.8 Å². The van der Waals surface area contributed by atoms with Crippen LogP contribution in [0.3, 0.4) is 0 Å². The van der Waals surface area contributed by atoms with Gasteiger partial charge in [0.1, 0.15) is 0 Å². The Kier molecular flexibility index (Phi) is 3.67. The molecule has 0 saturated carbocycles. The van der Waals surface area contributed by atoms with Crippen molar-refractivity contribution in [2.45, 2.75) is 32.6 Å². The molecule has 0 heterocycles. The molecule has 0 amide bonds. The van der Waals surface area contributed by atoms with E-state index in [1.165, 1.54) is 24.8 Å². The molecule has 0 radical (unpaired) electrons. The topological polar surface area (TPSA) is 0 Å². The Balaban J connectivity index is 2.08. The van der Waals surface area contributed by atoms with Gasteiger partial charge in [-0.1, -0.05) is 50.1 Å². The van der Waals surface area contributed by atoms with Crippen LogP contribution in [0.15, 0.2) is 36.5 Å². The number of hydrogen-bond donors (Lipinski definition) is 0. The molecule has 2 aliphatic rings. The summed E-state index contributed by atoms with van der Waals surface area (Å²) in [7, 11) is 0. The van der Waals surface area contributed by atoms with E-state index in [0.717, 1.165) is 6.42 Å². The van der Waals surface area contributed by atoms with Crippen LogP contribution in [-0.2, 0) is 0 Å². The fourth-order valence-corrected chi connectivity index (χ4v) is 2.56. The van der Waals surface area contributed by atoms with Gasteiger partial charge in [-0.05, 0) is 30.3 Å². The number of hydrogen-bond acceptors (Lipinski definition) is 0. The summed E-state index contributed by atoms with van der Waals surface area (Å²) in [6, 6.07) is 0. The summed E-state index contributed by atoms with van der Waals surface area (Å²) in [5.41, 5.74) is 1.34. The highest BCUT2D eigenvalue weighted by Gasteiger charge is 2.30. The van der Waals surface area contributed by atoms with E-state index < -0.39 is 0 Å². The summed E-state index contributed by atoms with van der Waals surface area (Å²) >= 11 is 0. The highest BCUT2D eigenvalue weighted by molar-refractivity contribution is 5.37. The molecule has 0 heteroatoms. The van der Waals surface area contributed by atoms with Crippen molar-refractivity contribution in [1.82, 2.24) is 0 Å². The Labute approximate surface area is 99.1 Å². The van der Waals surface area contributed by atoms with Gasteiger partial charge in [-0.2, -0.15) is 0 Å². The zero-order valence-electron chi connectivity index (χ0n) is 10.1. The van der Waals surface area contributed by atoms with Crippen molar-refractivity contribution in [2.24, 2.45) is 17.8 Å². The largest absolute Gasteiger partial charge is 0.103 e. The second kappa shape index (κ2) is 5.21. The Morgan fingerprint density at radius 1 is 1.50 bits per heavy atom. The molecule has 0 spiro atoms. The van der Waals surface area contributed by atoms with E-state index in [9.17, 15) is 0 Å². The van der Waals surface area contributed by atoms with Crippen LogP contribution in [0.4, 0.5) is 0 Å². The standard InChI is InChI=1S/C16H20/c1-3-5-6-7-8-16-14(4-2)11-13-9-10-15(16)12-13/h4,9-11,13,15-16H,2-3,5-6,12H2,1H3/t13-,15-,16-/m1/s1. The van der Waals surface area contributed by atoms with Crippen LogP contribution in [0, 0.1) is 29.6 Å². The number of fused-ring (bicyclic) bond motifs is 2. The molecule has 0 N–H and O–H groups in total. The van der Waals surface area contributed by atoms with Gasteiger partial charge in [0.25, 0.3) is 0 Å². The molecule has 2 rings (SSSR count). The van der Waals surface area contributed by atoms with Crippen molar-refractivity contribution in [2.75, 3.05) is 0 Å². The summed E-state index contributed by atoms with van der Waals surface area (Å²) in [6.45, 7) is 6.12. The van der Waals surface area contributed by atoms with Gasteiger partial charge in [0.2, 0.25) is 0 Å². The Hall–Kier alpha value is -1.22. The Morgan fingerprint density at radius 3 is 3.12 bits per heavy atom. The molecule has 0 aromatic rings. The van der Waals surface area contributed by atoms with Crippen molar-refractivity contribution in [3.05, 3.63) is 36.5 Å². The van der Waals surface area contributed by atoms with Gasteiger partial charge in [0.15, 0.2) is 0 Å². The van der Waals surface area contributed by atoms with Gasteiger partial charge in [-0.15, -0.1) is 5.92 Å². The first-order valence-electron chi connectivity index (χ1n) is 6.36. The van der Waals surface area contributed by atoms with Crippen molar-refractivity contribution < 1.29 is 0 Å². The molecule has 0 aliphatic heterocycles. The van der Waals surface area contributed by atoms with Crippen molar-refractivity contribution in [3.63, 3.8) is 0 Å². The predicted octanol–water partition coefficient (Wildman–Crippen LogP) is 4.11. The maximum Gasteiger partial charge on any atom is 0.0512 e. The summed E-state index contributed by atoms with van der Waals surface area (Å²) < 4.78 is 0. The van der Waals surface area contributed by atoms with Crippen LogP contribution in [-0.4, -0.2) is 0 Å². The van der Waals surface area contributed by atoms with Gasteiger partial charge >= 0.3 is 0 Å². The van der Waals surface area contributed by atoms with Gasteiger partial charge in [-0.3, -0.25) is 0 Å². The molecule has 0 aromatic heterocycles. The van der Waals surface area contributed by atoms with Crippen LogP contribution in [0.2, 0.25) is 0 Å². The maximum absolute atomic E-state index is 3.91. The zero-order valence-corrected chi connectivity index (χ0v) is 10.1. The lowest BCUT2D eigenvalue weighted by Gasteiger charge is -2.24. The molecular formula is C16H20.